The molecule has 0 saturated carbocycles. The lowest BCUT2D eigenvalue weighted by Crippen LogP contribution is -2.45. The van der Waals surface area contributed by atoms with Crippen LogP contribution in [0.25, 0.3) is 0 Å². The van der Waals surface area contributed by atoms with E-state index in [4.69, 9.17) is 10.5 Å². The smallest absolute Gasteiger partial charge is 0.0824 e. The zero-order chi connectivity index (χ0) is 13.1. The first-order valence-electron chi connectivity index (χ1n) is 6.71. The Hall–Kier alpha value is -0.610. The molecule has 1 atom stereocenters. The van der Waals surface area contributed by atoms with Crippen LogP contribution in [0.1, 0.15) is 22.3 Å². The van der Waals surface area contributed by atoms with Crippen molar-refractivity contribution in [1.82, 2.24) is 4.90 Å². The highest BCUT2D eigenvalue weighted by molar-refractivity contribution is 5.85. The number of nitrogens with two attached hydrogens (primary N) is 1. The molecule has 1 aromatic carbocycles. The first-order chi connectivity index (χ1) is 8.60. The molecule has 108 valence electrons. The molecule has 0 bridgehead atoms. The second-order valence-electron chi connectivity index (χ2n) is 5.33. The van der Waals surface area contributed by atoms with Gasteiger partial charge >= 0.3 is 0 Å². The van der Waals surface area contributed by atoms with Crippen molar-refractivity contribution in [2.45, 2.75) is 33.4 Å². The minimum absolute atomic E-state index is 0. The summed E-state index contributed by atoms with van der Waals surface area (Å²) in [6.07, 6.45) is 0.200. The van der Waals surface area contributed by atoms with E-state index in [9.17, 15) is 0 Å². The number of hydrogen-bond acceptors (Lipinski definition) is 3. The minimum Gasteiger partial charge on any atom is -0.374 e. The Balaban J connectivity index is 0.00000180. The number of ether oxygens (including phenoxy) is 1. The second kappa shape index (κ2) is 7.25. The molecular weight excluding hydrogens is 260 g/mol. The van der Waals surface area contributed by atoms with Gasteiger partial charge in [-0.2, -0.15) is 0 Å². The summed E-state index contributed by atoms with van der Waals surface area (Å²) in [7, 11) is 0. The topological polar surface area (TPSA) is 38.5 Å². The number of halogens is 1. The standard InChI is InChI=1S/C15H24N2O.ClH/c1-11-6-13(3)14(7-12(11)2)9-17-4-5-18-15(8-16)10-17;/h6-7,15H,4-5,8-10,16H2,1-3H3;1H. The normalized spacial score (nSPS) is 20.1. The third kappa shape index (κ3) is 4.18. The predicted octanol–water partition coefficient (Wildman–Crippen LogP) is 2.19. The van der Waals surface area contributed by atoms with Gasteiger partial charge in [-0.1, -0.05) is 12.1 Å². The van der Waals surface area contributed by atoms with Crippen LogP contribution in [0.4, 0.5) is 0 Å². The largest absolute Gasteiger partial charge is 0.374 e. The maximum Gasteiger partial charge on any atom is 0.0824 e. The van der Waals surface area contributed by atoms with Crippen molar-refractivity contribution in [2.75, 3.05) is 26.2 Å². The number of morpholine rings is 1. The lowest BCUT2D eigenvalue weighted by atomic mass is 10.0. The predicted molar refractivity (Wildman–Crippen MR) is 82.0 cm³/mol. The molecule has 0 aromatic heterocycles. The summed E-state index contributed by atoms with van der Waals surface area (Å²) in [4.78, 5) is 2.44. The molecule has 0 aliphatic carbocycles. The second-order valence-corrected chi connectivity index (χ2v) is 5.33. The quantitative estimate of drug-likeness (QED) is 0.925. The minimum atomic E-state index is 0. The molecule has 1 unspecified atom stereocenters. The van der Waals surface area contributed by atoms with Crippen LogP contribution in [-0.4, -0.2) is 37.2 Å². The van der Waals surface area contributed by atoms with Gasteiger partial charge in [0.25, 0.3) is 0 Å². The Morgan fingerprint density at radius 1 is 1.21 bits per heavy atom. The van der Waals surface area contributed by atoms with Crippen molar-refractivity contribution < 1.29 is 4.74 Å². The van der Waals surface area contributed by atoms with Crippen molar-refractivity contribution in [3.8, 4) is 0 Å². The van der Waals surface area contributed by atoms with Crippen LogP contribution in [-0.2, 0) is 11.3 Å². The van der Waals surface area contributed by atoms with Crippen molar-refractivity contribution in [3.05, 3.63) is 34.4 Å². The van der Waals surface area contributed by atoms with Crippen LogP contribution in [0.3, 0.4) is 0 Å². The molecule has 3 nitrogen and oxygen atoms in total. The zero-order valence-corrected chi connectivity index (χ0v) is 12.9. The zero-order valence-electron chi connectivity index (χ0n) is 12.1. The summed E-state index contributed by atoms with van der Waals surface area (Å²) in [5.74, 6) is 0. The molecule has 1 aliphatic rings. The van der Waals surface area contributed by atoms with Gasteiger partial charge in [-0.25, -0.2) is 0 Å². The van der Waals surface area contributed by atoms with Gasteiger partial charge in [0.05, 0.1) is 12.7 Å². The fraction of sp³-hybridized carbons (Fsp3) is 0.600. The highest BCUT2D eigenvalue weighted by atomic mass is 35.5. The first-order valence-corrected chi connectivity index (χ1v) is 6.71. The molecule has 2 N–H and O–H groups in total. The maximum absolute atomic E-state index is 5.68. The Kier molecular flexibility index (Phi) is 6.27. The average Bonchev–Trinajstić information content (AvgIpc) is 2.36. The van der Waals surface area contributed by atoms with Crippen molar-refractivity contribution in [1.29, 1.82) is 0 Å². The van der Waals surface area contributed by atoms with Crippen molar-refractivity contribution >= 4 is 12.4 Å². The molecule has 0 amide bonds. The average molecular weight is 285 g/mol. The molecular formula is C15H25ClN2O. The number of rotatable bonds is 3. The number of hydrogen-bond donors (Lipinski definition) is 1. The summed E-state index contributed by atoms with van der Waals surface area (Å²) < 4.78 is 5.60. The lowest BCUT2D eigenvalue weighted by molar-refractivity contribution is -0.0261. The van der Waals surface area contributed by atoms with Gasteiger partial charge in [0.2, 0.25) is 0 Å². The molecule has 1 aliphatic heterocycles. The Bertz CT molecular complexity index is 423. The summed E-state index contributed by atoms with van der Waals surface area (Å²) in [5.41, 5.74) is 11.2. The van der Waals surface area contributed by atoms with E-state index in [0.717, 1.165) is 26.2 Å². The Morgan fingerprint density at radius 2 is 1.89 bits per heavy atom. The molecule has 2 rings (SSSR count). The summed E-state index contributed by atoms with van der Waals surface area (Å²) in [6.45, 7) is 10.9. The van der Waals surface area contributed by atoms with E-state index in [1.807, 2.05) is 0 Å². The van der Waals surface area contributed by atoms with Gasteiger partial charge in [-0.05, 0) is 43.0 Å². The van der Waals surface area contributed by atoms with Gasteiger partial charge in [0.1, 0.15) is 0 Å². The van der Waals surface area contributed by atoms with E-state index in [1.165, 1.54) is 22.3 Å². The highest BCUT2D eigenvalue weighted by Crippen LogP contribution is 2.18. The summed E-state index contributed by atoms with van der Waals surface area (Å²) in [5, 5.41) is 0. The van der Waals surface area contributed by atoms with E-state index in [2.05, 4.69) is 37.8 Å². The van der Waals surface area contributed by atoms with E-state index in [-0.39, 0.29) is 18.5 Å². The third-order valence-corrected chi connectivity index (χ3v) is 3.83. The number of nitrogens with zero attached hydrogens (tertiary/aromatic N) is 1. The number of aryl methyl sites for hydroxylation is 3. The van der Waals surface area contributed by atoms with Crippen LogP contribution < -0.4 is 5.73 Å². The SMILES string of the molecule is Cc1cc(C)c(CN2CCOC(CN)C2)cc1C.Cl. The molecule has 1 aromatic rings. The third-order valence-electron chi connectivity index (χ3n) is 3.83. The monoisotopic (exact) mass is 284 g/mol. The summed E-state index contributed by atoms with van der Waals surface area (Å²) in [6, 6.07) is 4.60. The van der Waals surface area contributed by atoms with Crippen molar-refractivity contribution in [2.24, 2.45) is 5.73 Å². The molecule has 1 saturated heterocycles. The molecule has 4 heteroatoms. The van der Waals surface area contributed by atoms with Crippen LogP contribution in [0.5, 0.6) is 0 Å². The molecule has 0 radical (unpaired) electrons. The molecule has 0 spiro atoms. The van der Waals surface area contributed by atoms with Crippen LogP contribution in [0, 0.1) is 20.8 Å². The fourth-order valence-corrected chi connectivity index (χ4v) is 2.50. The van der Waals surface area contributed by atoms with E-state index >= 15 is 0 Å². The van der Waals surface area contributed by atoms with Crippen molar-refractivity contribution in [3.63, 3.8) is 0 Å². The Labute approximate surface area is 122 Å². The highest BCUT2D eigenvalue weighted by Gasteiger charge is 2.19. The first kappa shape index (κ1) is 16.4. The van der Waals surface area contributed by atoms with Gasteiger partial charge in [-0.15, -0.1) is 12.4 Å². The van der Waals surface area contributed by atoms with E-state index in [1.54, 1.807) is 0 Å². The lowest BCUT2D eigenvalue weighted by Gasteiger charge is -2.32. The van der Waals surface area contributed by atoms with Crippen LogP contribution in [0.2, 0.25) is 0 Å². The van der Waals surface area contributed by atoms with E-state index < -0.39 is 0 Å². The van der Waals surface area contributed by atoms with Gasteiger partial charge in [0, 0.05) is 26.2 Å². The fourth-order valence-electron chi connectivity index (χ4n) is 2.50. The molecule has 1 fully saturated rings. The van der Waals surface area contributed by atoms with Crippen LogP contribution in [0.15, 0.2) is 12.1 Å². The Morgan fingerprint density at radius 3 is 2.58 bits per heavy atom. The summed E-state index contributed by atoms with van der Waals surface area (Å²) >= 11 is 0. The van der Waals surface area contributed by atoms with Gasteiger partial charge < -0.3 is 10.5 Å². The van der Waals surface area contributed by atoms with E-state index in [0.29, 0.717) is 6.54 Å². The maximum atomic E-state index is 5.68. The number of benzene rings is 1. The molecule has 1 heterocycles. The van der Waals surface area contributed by atoms with Crippen LogP contribution >= 0.6 is 12.4 Å². The molecule has 19 heavy (non-hydrogen) atoms. The van der Waals surface area contributed by atoms with Gasteiger partial charge in [-0.3, -0.25) is 4.90 Å². The van der Waals surface area contributed by atoms with Gasteiger partial charge in [0.15, 0.2) is 0 Å².